The fourth-order valence-electron chi connectivity index (χ4n) is 2.05. The lowest BCUT2D eigenvalue weighted by molar-refractivity contribution is -0.385. The van der Waals surface area contributed by atoms with E-state index in [0.29, 0.717) is 5.56 Å². The van der Waals surface area contributed by atoms with Crippen molar-refractivity contribution in [3.8, 4) is 17.2 Å². The molecule has 2 aromatic carbocycles. The highest BCUT2D eigenvalue weighted by Crippen LogP contribution is 2.29. The fourth-order valence-corrected chi connectivity index (χ4v) is 2.05. The number of ether oxygens (including phenoxy) is 3. The van der Waals surface area contributed by atoms with Crippen molar-refractivity contribution in [3.05, 3.63) is 58.1 Å². The highest BCUT2D eigenvalue weighted by Gasteiger charge is 2.15. The molecule has 0 unspecified atom stereocenters. The number of carbonyl (C=O) groups excluding carboxylic acids is 1. The number of methoxy groups -OCH3 is 1. The summed E-state index contributed by atoms with van der Waals surface area (Å²) in [6, 6.07) is 9.77. The van der Waals surface area contributed by atoms with Gasteiger partial charge in [-0.15, -0.1) is 0 Å². The molecule has 11 heteroatoms. The van der Waals surface area contributed by atoms with Gasteiger partial charge < -0.3 is 14.2 Å². The number of halogens is 2. The number of benzene rings is 2. The van der Waals surface area contributed by atoms with Crippen molar-refractivity contribution in [1.29, 1.82) is 0 Å². The molecule has 0 spiro atoms. The molecule has 9 nitrogen and oxygen atoms in total. The van der Waals surface area contributed by atoms with Crippen molar-refractivity contribution in [1.82, 2.24) is 5.43 Å². The van der Waals surface area contributed by atoms with Gasteiger partial charge in [0.15, 0.2) is 23.9 Å². The maximum Gasteiger partial charge on any atom is 0.387 e. The fraction of sp³-hybridized carbons (Fsp3) is 0.176. The van der Waals surface area contributed by atoms with Gasteiger partial charge in [-0.05, 0) is 29.8 Å². The van der Waals surface area contributed by atoms with E-state index in [1.807, 2.05) is 0 Å². The number of para-hydroxylation sites is 2. The van der Waals surface area contributed by atoms with Crippen LogP contribution in [0.1, 0.15) is 5.56 Å². The van der Waals surface area contributed by atoms with Crippen LogP contribution in [0.25, 0.3) is 0 Å². The molecule has 0 fully saturated rings. The van der Waals surface area contributed by atoms with E-state index in [9.17, 15) is 23.7 Å². The zero-order valence-electron chi connectivity index (χ0n) is 14.5. The summed E-state index contributed by atoms with van der Waals surface area (Å²) in [5.41, 5.74) is 2.24. The number of amides is 1. The maximum absolute atomic E-state index is 12.4. The van der Waals surface area contributed by atoms with Crippen molar-refractivity contribution < 1.29 is 32.7 Å². The average Bonchev–Trinajstić information content (AvgIpc) is 2.66. The van der Waals surface area contributed by atoms with Gasteiger partial charge in [0.25, 0.3) is 5.91 Å². The van der Waals surface area contributed by atoms with E-state index in [1.54, 1.807) is 0 Å². The molecule has 0 saturated heterocycles. The topological polar surface area (TPSA) is 112 Å². The van der Waals surface area contributed by atoms with Crippen molar-refractivity contribution in [2.75, 3.05) is 13.7 Å². The summed E-state index contributed by atoms with van der Waals surface area (Å²) >= 11 is 0. The second-order valence-electron chi connectivity index (χ2n) is 5.10. The summed E-state index contributed by atoms with van der Waals surface area (Å²) in [7, 11) is 1.30. The molecular weight excluding hydrogens is 380 g/mol. The van der Waals surface area contributed by atoms with Gasteiger partial charge in [-0.25, -0.2) is 5.43 Å². The number of nitro groups is 1. The van der Waals surface area contributed by atoms with Crippen LogP contribution in [0.2, 0.25) is 0 Å². The van der Waals surface area contributed by atoms with Crippen LogP contribution in [0, 0.1) is 10.1 Å². The predicted octanol–water partition coefficient (Wildman–Crippen LogP) is 2.73. The summed E-state index contributed by atoms with van der Waals surface area (Å²) in [6.45, 7) is -3.54. The van der Waals surface area contributed by atoms with Crippen molar-refractivity contribution in [2.45, 2.75) is 6.61 Å². The molecule has 0 radical (unpaired) electrons. The van der Waals surface area contributed by atoms with Gasteiger partial charge in [-0.2, -0.15) is 13.9 Å². The lowest BCUT2D eigenvalue weighted by atomic mass is 10.2. The Kier molecular flexibility index (Phi) is 7.20. The molecule has 28 heavy (non-hydrogen) atoms. The lowest BCUT2D eigenvalue weighted by Gasteiger charge is -2.10. The minimum atomic E-state index is -3.03. The van der Waals surface area contributed by atoms with Crippen LogP contribution in [0.15, 0.2) is 47.6 Å². The predicted molar refractivity (Wildman–Crippen MR) is 94.0 cm³/mol. The number of nitrogens with one attached hydrogen (secondary N) is 1. The zero-order chi connectivity index (χ0) is 20.5. The molecular formula is C17H15F2N3O6. The first-order valence-electron chi connectivity index (χ1n) is 7.71. The molecule has 1 N–H and O–H groups in total. The van der Waals surface area contributed by atoms with Gasteiger partial charge >= 0.3 is 12.3 Å². The van der Waals surface area contributed by atoms with E-state index in [4.69, 9.17) is 9.47 Å². The largest absolute Gasteiger partial charge is 0.493 e. The summed E-state index contributed by atoms with van der Waals surface area (Å²) in [6.07, 6.45) is 1.20. The lowest BCUT2D eigenvalue weighted by Crippen LogP contribution is -2.24. The molecule has 1 amide bonds. The Morgan fingerprint density at radius 3 is 2.68 bits per heavy atom. The molecule has 2 aromatic rings. The summed E-state index contributed by atoms with van der Waals surface area (Å²) < 4.78 is 39.2. The third-order valence-electron chi connectivity index (χ3n) is 3.23. The highest BCUT2D eigenvalue weighted by molar-refractivity contribution is 5.83. The summed E-state index contributed by atoms with van der Waals surface area (Å²) in [4.78, 5) is 22.0. The molecule has 0 saturated carbocycles. The van der Waals surface area contributed by atoms with E-state index >= 15 is 0 Å². The summed E-state index contributed by atoms with van der Waals surface area (Å²) in [5.74, 6) is -0.811. The first kappa shape index (κ1) is 20.6. The van der Waals surface area contributed by atoms with Crippen LogP contribution in [-0.2, 0) is 4.79 Å². The van der Waals surface area contributed by atoms with Gasteiger partial charge in [0.1, 0.15) is 0 Å². The number of carbonyl (C=O) groups is 1. The Morgan fingerprint density at radius 2 is 2.00 bits per heavy atom. The normalized spacial score (nSPS) is 10.7. The number of hydrogen-bond donors (Lipinski definition) is 1. The highest BCUT2D eigenvalue weighted by atomic mass is 19.3. The Morgan fingerprint density at radius 1 is 1.25 bits per heavy atom. The van der Waals surface area contributed by atoms with E-state index in [0.717, 1.165) is 0 Å². The molecule has 2 rings (SSSR count). The molecule has 148 valence electrons. The van der Waals surface area contributed by atoms with Crippen molar-refractivity contribution >= 4 is 17.8 Å². The Hall–Kier alpha value is -3.76. The van der Waals surface area contributed by atoms with E-state index in [2.05, 4.69) is 15.3 Å². The zero-order valence-corrected chi connectivity index (χ0v) is 14.5. The molecule has 0 atom stereocenters. The van der Waals surface area contributed by atoms with Crippen molar-refractivity contribution in [3.63, 3.8) is 0 Å². The first-order valence-corrected chi connectivity index (χ1v) is 7.71. The number of nitro benzene ring substituents is 1. The van der Waals surface area contributed by atoms with Crippen LogP contribution < -0.4 is 19.6 Å². The second-order valence-corrected chi connectivity index (χ2v) is 5.10. The van der Waals surface area contributed by atoms with Gasteiger partial charge in [-0.3, -0.25) is 14.9 Å². The van der Waals surface area contributed by atoms with Crippen LogP contribution in [0.5, 0.6) is 17.2 Å². The smallest absolute Gasteiger partial charge is 0.387 e. The quantitative estimate of drug-likeness (QED) is 0.397. The van der Waals surface area contributed by atoms with Crippen molar-refractivity contribution in [2.24, 2.45) is 5.10 Å². The van der Waals surface area contributed by atoms with Gasteiger partial charge in [0.05, 0.1) is 18.2 Å². The first-order chi connectivity index (χ1) is 13.4. The van der Waals surface area contributed by atoms with Crippen LogP contribution >= 0.6 is 0 Å². The monoisotopic (exact) mass is 395 g/mol. The molecule has 0 aliphatic carbocycles. The molecule has 0 aromatic heterocycles. The molecule has 0 aliphatic rings. The van der Waals surface area contributed by atoms with E-state index < -0.39 is 24.0 Å². The number of hydrazone groups is 1. The van der Waals surface area contributed by atoms with Crippen LogP contribution in [0.4, 0.5) is 14.5 Å². The molecule has 0 heterocycles. The van der Waals surface area contributed by atoms with Gasteiger partial charge in [0.2, 0.25) is 0 Å². The molecule has 0 bridgehead atoms. The summed E-state index contributed by atoms with van der Waals surface area (Å²) in [5, 5.41) is 14.5. The second kappa shape index (κ2) is 9.80. The number of rotatable bonds is 9. The third-order valence-corrected chi connectivity index (χ3v) is 3.23. The Bertz CT molecular complexity index is 876. The Balaban J connectivity index is 1.94. The van der Waals surface area contributed by atoms with E-state index in [-0.39, 0.29) is 22.9 Å². The van der Waals surface area contributed by atoms with Gasteiger partial charge in [-0.1, -0.05) is 12.1 Å². The number of nitrogens with zero attached hydrogens (tertiary/aromatic N) is 2. The molecule has 0 aliphatic heterocycles. The maximum atomic E-state index is 12.4. The SMILES string of the molecule is COc1ccc(/C=N\NC(=O)COc2ccccc2[N+](=O)[O-])cc1OC(F)F. The van der Waals surface area contributed by atoms with Gasteiger partial charge in [0, 0.05) is 6.07 Å². The average molecular weight is 395 g/mol. The third kappa shape index (κ3) is 5.90. The van der Waals surface area contributed by atoms with Crippen LogP contribution in [0.3, 0.4) is 0 Å². The number of hydrogen-bond acceptors (Lipinski definition) is 7. The number of alkyl halides is 2. The van der Waals surface area contributed by atoms with Crippen LogP contribution in [-0.4, -0.2) is 37.4 Å². The minimum Gasteiger partial charge on any atom is -0.493 e. The van der Waals surface area contributed by atoms with E-state index in [1.165, 1.54) is 55.8 Å². The Labute approximate surface area is 157 Å². The standard InChI is InChI=1S/C17H15F2N3O6/c1-26-14-7-6-11(8-15(14)28-17(18)19)9-20-21-16(23)10-27-13-5-3-2-4-12(13)22(24)25/h2-9,17H,10H2,1H3,(H,21,23)/b20-9-. The minimum absolute atomic E-state index is 0.0597.